The van der Waals surface area contributed by atoms with Crippen molar-refractivity contribution in [1.82, 2.24) is 19.5 Å². The smallest absolute Gasteiger partial charge is 0.145 e. The summed E-state index contributed by atoms with van der Waals surface area (Å²) in [6.07, 6.45) is 3.65. The second kappa shape index (κ2) is 10.5. The fraction of sp³-hybridized carbons (Fsp3) is 0. The van der Waals surface area contributed by atoms with E-state index in [1.807, 2.05) is 30.6 Å². The Hall–Kier alpha value is -5.87. The molecule has 0 saturated carbocycles. The van der Waals surface area contributed by atoms with E-state index >= 15 is 0 Å². The van der Waals surface area contributed by atoms with Crippen LogP contribution in [0.3, 0.4) is 0 Å². The number of hydrogen-bond donors (Lipinski definition) is 0. The molecule has 3 aromatic heterocycles. The molecule has 0 radical (unpaired) electrons. The number of imidazole rings is 1. The second-order valence-electron chi connectivity index (χ2n) is 10.6. The highest BCUT2D eigenvalue weighted by molar-refractivity contribution is 5.89. The number of rotatable bonds is 5. The predicted octanol–water partition coefficient (Wildman–Crippen LogP) is 9.64. The van der Waals surface area contributed by atoms with Crippen LogP contribution in [-0.4, -0.2) is 19.5 Å². The number of nitrogens with zero attached hydrogens (tertiary/aromatic N) is 4. The molecular weight excluding hydrogens is 524 g/mol. The van der Waals surface area contributed by atoms with E-state index in [0.29, 0.717) is 0 Å². The van der Waals surface area contributed by atoms with Crippen LogP contribution >= 0.6 is 0 Å². The van der Waals surface area contributed by atoms with Gasteiger partial charge < -0.3 is 0 Å². The van der Waals surface area contributed by atoms with Gasteiger partial charge in [0.2, 0.25) is 0 Å². The summed E-state index contributed by atoms with van der Waals surface area (Å²) in [6.45, 7) is 0. The zero-order valence-corrected chi connectivity index (χ0v) is 23.3. The van der Waals surface area contributed by atoms with Gasteiger partial charge in [-0.05, 0) is 58.3 Å². The molecule has 0 aliphatic rings. The first-order chi connectivity index (χ1) is 21.3. The summed E-state index contributed by atoms with van der Waals surface area (Å²) in [7, 11) is 0. The van der Waals surface area contributed by atoms with E-state index in [4.69, 9.17) is 9.97 Å². The third kappa shape index (κ3) is 4.65. The average molecular weight is 551 g/mol. The number of aromatic nitrogens is 4. The van der Waals surface area contributed by atoms with Crippen LogP contribution in [0.15, 0.2) is 158 Å². The lowest BCUT2D eigenvalue weighted by Gasteiger charge is -2.13. The second-order valence-corrected chi connectivity index (χ2v) is 10.6. The van der Waals surface area contributed by atoms with Gasteiger partial charge in [0.15, 0.2) is 0 Å². The Morgan fingerprint density at radius 3 is 1.81 bits per heavy atom. The van der Waals surface area contributed by atoms with Crippen LogP contribution in [-0.2, 0) is 0 Å². The maximum atomic E-state index is 5.11. The quantitative estimate of drug-likeness (QED) is 0.214. The molecule has 0 amide bonds. The van der Waals surface area contributed by atoms with Gasteiger partial charge in [-0.25, -0.2) is 9.97 Å². The Morgan fingerprint density at radius 1 is 0.442 bits per heavy atom. The molecule has 0 atom stereocenters. The summed E-state index contributed by atoms with van der Waals surface area (Å²) in [6, 6.07) is 50.7. The van der Waals surface area contributed by atoms with Gasteiger partial charge in [-0.2, -0.15) is 0 Å². The fourth-order valence-electron chi connectivity index (χ4n) is 5.73. The Morgan fingerprint density at radius 2 is 1.07 bits per heavy atom. The third-order valence-corrected chi connectivity index (χ3v) is 7.89. The SMILES string of the molecule is c1ccc(-c2cc(-c3ccccc3)nc(-c3ccc(-n4c(-c5ccc6ccccc6c5)nc5cnccc54)cc3)c2)cc1. The highest BCUT2D eigenvalue weighted by Gasteiger charge is 2.16. The van der Waals surface area contributed by atoms with Crippen molar-refractivity contribution in [3.8, 4) is 50.7 Å². The van der Waals surface area contributed by atoms with E-state index in [0.717, 1.165) is 56.2 Å². The largest absolute Gasteiger partial charge is 0.292 e. The van der Waals surface area contributed by atoms with Crippen molar-refractivity contribution in [2.45, 2.75) is 0 Å². The van der Waals surface area contributed by atoms with E-state index in [-0.39, 0.29) is 0 Å². The predicted molar refractivity (Wildman–Crippen MR) is 176 cm³/mol. The number of hydrogen-bond acceptors (Lipinski definition) is 3. The van der Waals surface area contributed by atoms with Crippen LogP contribution in [0.4, 0.5) is 0 Å². The summed E-state index contributed by atoms with van der Waals surface area (Å²) in [5, 5.41) is 2.39. The van der Waals surface area contributed by atoms with Gasteiger partial charge in [-0.3, -0.25) is 9.55 Å². The summed E-state index contributed by atoms with van der Waals surface area (Å²) >= 11 is 0. The van der Waals surface area contributed by atoms with Gasteiger partial charge in [0, 0.05) is 28.6 Å². The Labute approximate surface area is 249 Å². The first-order valence-electron chi connectivity index (χ1n) is 14.4. The van der Waals surface area contributed by atoms with E-state index < -0.39 is 0 Å². The molecule has 0 spiro atoms. The summed E-state index contributed by atoms with van der Waals surface area (Å²) in [5.41, 5.74) is 10.3. The minimum absolute atomic E-state index is 0.861. The van der Waals surface area contributed by atoms with Crippen LogP contribution in [0.5, 0.6) is 0 Å². The zero-order valence-electron chi connectivity index (χ0n) is 23.3. The minimum atomic E-state index is 0.861. The molecule has 3 heterocycles. The van der Waals surface area contributed by atoms with Gasteiger partial charge in [0.1, 0.15) is 11.3 Å². The molecule has 5 aromatic carbocycles. The van der Waals surface area contributed by atoms with Crippen molar-refractivity contribution >= 4 is 21.8 Å². The molecule has 0 unspecified atom stereocenters. The average Bonchev–Trinajstić information content (AvgIpc) is 3.48. The van der Waals surface area contributed by atoms with Gasteiger partial charge in [-0.15, -0.1) is 0 Å². The van der Waals surface area contributed by atoms with Crippen molar-refractivity contribution in [3.63, 3.8) is 0 Å². The number of pyridine rings is 2. The maximum Gasteiger partial charge on any atom is 0.145 e. The molecule has 8 rings (SSSR count). The molecule has 0 saturated heterocycles. The first-order valence-corrected chi connectivity index (χ1v) is 14.4. The summed E-state index contributed by atoms with van der Waals surface area (Å²) in [5.74, 6) is 0.886. The minimum Gasteiger partial charge on any atom is -0.292 e. The van der Waals surface area contributed by atoms with E-state index in [2.05, 4.69) is 137 Å². The molecular formula is C39H26N4. The lowest BCUT2D eigenvalue weighted by atomic mass is 10.00. The highest BCUT2D eigenvalue weighted by atomic mass is 15.1. The third-order valence-electron chi connectivity index (χ3n) is 7.89. The van der Waals surface area contributed by atoms with Crippen molar-refractivity contribution < 1.29 is 0 Å². The molecule has 8 aromatic rings. The fourth-order valence-corrected chi connectivity index (χ4v) is 5.73. The van der Waals surface area contributed by atoms with Crippen molar-refractivity contribution in [2.24, 2.45) is 0 Å². The summed E-state index contributed by atoms with van der Waals surface area (Å²) < 4.78 is 2.22. The van der Waals surface area contributed by atoms with Crippen molar-refractivity contribution in [1.29, 1.82) is 0 Å². The van der Waals surface area contributed by atoms with Gasteiger partial charge in [0.05, 0.1) is 23.1 Å². The molecule has 4 heteroatoms. The van der Waals surface area contributed by atoms with E-state index in [9.17, 15) is 0 Å². The van der Waals surface area contributed by atoms with Crippen LogP contribution in [0.25, 0.3) is 72.5 Å². The monoisotopic (exact) mass is 550 g/mol. The van der Waals surface area contributed by atoms with E-state index in [1.54, 1.807) is 0 Å². The summed E-state index contributed by atoms with van der Waals surface area (Å²) in [4.78, 5) is 14.5. The molecule has 43 heavy (non-hydrogen) atoms. The Bertz CT molecular complexity index is 2160. The van der Waals surface area contributed by atoms with Crippen LogP contribution < -0.4 is 0 Å². The number of fused-ring (bicyclic) bond motifs is 2. The first kappa shape index (κ1) is 24.9. The van der Waals surface area contributed by atoms with Crippen molar-refractivity contribution in [2.75, 3.05) is 0 Å². The molecule has 0 aliphatic heterocycles. The zero-order chi connectivity index (χ0) is 28.6. The lowest BCUT2D eigenvalue weighted by Crippen LogP contribution is -1.98. The molecule has 0 aliphatic carbocycles. The van der Waals surface area contributed by atoms with Crippen LogP contribution in [0.2, 0.25) is 0 Å². The van der Waals surface area contributed by atoms with Crippen LogP contribution in [0, 0.1) is 0 Å². The van der Waals surface area contributed by atoms with Gasteiger partial charge >= 0.3 is 0 Å². The molecule has 0 N–H and O–H groups in total. The maximum absolute atomic E-state index is 5.11. The standard InChI is InChI=1S/C39H26N4/c1-3-9-27(10-4-1)33-24-35(29-12-5-2-6-13-29)41-36(25-33)30-17-19-34(20-18-30)43-38-21-22-40-26-37(38)42-39(43)32-16-15-28-11-7-8-14-31(28)23-32/h1-26H. The highest BCUT2D eigenvalue weighted by Crippen LogP contribution is 2.33. The van der Waals surface area contributed by atoms with Crippen LogP contribution in [0.1, 0.15) is 0 Å². The topological polar surface area (TPSA) is 43.6 Å². The van der Waals surface area contributed by atoms with Gasteiger partial charge in [0.25, 0.3) is 0 Å². The van der Waals surface area contributed by atoms with Gasteiger partial charge in [-0.1, -0.05) is 109 Å². The Balaban J connectivity index is 1.25. The molecule has 4 nitrogen and oxygen atoms in total. The van der Waals surface area contributed by atoms with E-state index in [1.165, 1.54) is 16.3 Å². The molecule has 0 bridgehead atoms. The van der Waals surface area contributed by atoms with Crippen molar-refractivity contribution in [3.05, 3.63) is 158 Å². The number of benzene rings is 5. The normalized spacial score (nSPS) is 11.3. The molecule has 202 valence electrons. The molecule has 0 fully saturated rings. The lowest BCUT2D eigenvalue weighted by molar-refractivity contribution is 1.10. The Kier molecular flexibility index (Phi) is 6.08.